The lowest BCUT2D eigenvalue weighted by atomic mass is 9.94. The Balaban J connectivity index is 1.75. The van der Waals surface area contributed by atoms with Crippen molar-refractivity contribution >= 4 is 0 Å². The highest BCUT2D eigenvalue weighted by atomic mass is 16.5. The topological polar surface area (TPSA) is 38.5 Å². The standard InChI is InChI=1S/C18H28N2O/c1-2-21-15-9-6-12-20(13-15)17-11-5-8-14-7-3-4-10-16(14)18(17)19/h3-4,7,10,15,17-18H,2,5-6,8-9,11-13,19H2,1H3. The number of fused-ring (bicyclic) bond motifs is 1. The van der Waals surface area contributed by atoms with Gasteiger partial charge in [0.2, 0.25) is 0 Å². The van der Waals surface area contributed by atoms with Gasteiger partial charge in [-0.25, -0.2) is 0 Å². The second kappa shape index (κ2) is 6.91. The number of likely N-dealkylation sites (tertiary alicyclic amines) is 1. The average molecular weight is 288 g/mol. The molecule has 0 bridgehead atoms. The molecule has 0 amide bonds. The SMILES string of the molecule is CCOC1CCCN(C2CCCc3ccccc3C2N)C1. The second-order valence-corrected chi connectivity index (χ2v) is 6.40. The third-order valence-corrected chi connectivity index (χ3v) is 5.06. The molecule has 1 aromatic carbocycles. The Bertz CT molecular complexity index is 460. The summed E-state index contributed by atoms with van der Waals surface area (Å²) in [6, 6.07) is 9.35. The van der Waals surface area contributed by atoms with Gasteiger partial charge in [0.25, 0.3) is 0 Å². The van der Waals surface area contributed by atoms with Crippen LogP contribution in [0.2, 0.25) is 0 Å². The van der Waals surface area contributed by atoms with Crippen LogP contribution in [0.4, 0.5) is 0 Å². The largest absolute Gasteiger partial charge is 0.377 e. The van der Waals surface area contributed by atoms with Crippen LogP contribution in [0.15, 0.2) is 24.3 Å². The van der Waals surface area contributed by atoms with Gasteiger partial charge in [-0.05, 0) is 56.7 Å². The summed E-state index contributed by atoms with van der Waals surface area (Å²) in [6.07, 6.45) is 6.44. The van der Waals surface area contributed by atoms with Gasteiger partial charge in [-0.15, -0.1) is 0 Å². The predicted octanol–water partition coefficient (Wildman–Crippen LogP) is 2.89. The molecule has 3 atom stereocenters. The Labute approximate surface area is 128 Å². The Hall–Kier alpha value is -0.900. The fourth-order valence-corrected chi connectivity index (χ4v) is 4.02. The molecule has 3 unspecified atom stereocenters. The van der Waals surface area contributed by atoms with E-state index in [1.54, 1.807) is 0 Å². The smallest absolute Gasteiger partial charge is 0.0702 e. The quantitative estimate of drug-likeness (QED) is 0.869. The summed E-state index contributed by atoms with van der Waals surface area (Å²) in [5.41, 5.74) is 9.47. The lowest BCUT2D eigenvalue weighted by Gasteiger charge is -2.40. The van der Waals surface area contributed by atoms with Gasteiger partial charge in [0, 0.05) is 25.2 Å². The maximum Gasteiger partial charge on any atom is 0.0702 e. The van der Waals surface area contributed by atoms with Crippen molar-refractivity contribution in [2.75, 3.05) is 19.7 Å². The Morgan fingerprint density at radius 3 is 2.95 bits per heavy atom. The summed E-state index contributed by atoms with van der Waals surface area (Å²) in [7, 11) is 0. The van der Waals surface area contributed by atoms with Crippen molar-refractivity contribution in [2.45, 2.75) is 57.2 Å². The molecule has 0 radical (unpaired) electrons. The van der Waals surface area contributed by atoms with E-state index in [0.29, 0.717) is 12.1 Å². The summed E-state index contributed by atoms with van der Waals surface area (Å²) in [5, 5.41) is 0. The predicted molar refractivity (Wildman–Crippen MR) is 86.3 cm³/mol. The molecule has 1 saturated heterocycles. The van der Waals surface area contributed by atoms with Crippen LogP contribution in [-0.2, 0) is 11.2 Å². The van der Waals surface area contributed by atoms with Crippen molar-refractivity contribution in [1.29, 1.82) is 0 Å². The number of hydrogen-bond acceptors (Lipinski definition) is 3. The van der Waals surface area contributed by atoms with Crippen molar-refractivity contribution in [2.24, 2.45) is 5.73 Å². The van der Waals surface area contributed by atoms with Crippen LogP contribution in [-0.4, -0.2) is 36.7 Å². The number of nitrogens with zero attached hydrogens (tertiary/aromatic N) is 1. The van der Waals surface area contributed by atoms with Crippen LogP contribution in [0.1, 0.15) is 49.8 Å². The number of nitrogens with two attached hydrogens (primary N) is 1. The molecule has 3 nitrogen and oxygen atoms in total. The van der Waals surface area contributed by atoms with Gasteiger partial charge in [0.1, 0.15) is 0 Å². The third kappa shape index (κ3) is 3.31. The number of piperidine rings is 1. The van der Waals surface area contributed by atoms with Crippen LogP contribution in [0.5, 0.6) is 0 Å². The van der Waals surface area contributed by atoms with Gasteiger partial charge < -0.3 is 10.5 Å². The molecule has 21 heavy (non-hydrogen) atoms. The van der Waals surface area contributed by atoms with Gasteiger partial charge in [-0.3, -0.25) is 4.90 Å². The van der Waals surface area contributed by atoms with E-state index < -0.39 is 0 Å². The van der Waals surface area contributed by atoms with E-state index in [0.717, 1.165) is 13.2 Å². The highest BCUT2D eigenvalue weighted by Crippen LogP contribution is 2.32. The van der Waals surface area contributed by atoms with E-state index in [-0.39, 0.29) is 6.04 Å². The first kappa shape index (κ1) is 15.0. The lowest BCUT2D eigenvalue weighted by Crippen LogP contribution is -2.49. The normalized spacial score (nSPS) is 30.7. The van der Waals surface area contributed by atoms with E-state index in [9.17, 15) is 0 Å². The van der Waals surface area contributed by atoms with Gasteiger partial charge in [-0.2, -0.15) is 0 Å². The molecular formula is C18H28N2O. The van der Waals surface area contributed by atoms with E-state index in [2.05, 4.69) is 36.1 Å². The minimum absolute atomic E-state index is 0.143. The summed E-state index contributed by atoms with van der Waals surface area (Å²) in [4.78, 5) is 2.59. The van der Waals surface area contributed by atoms with Crippen LogP contribution < -0.4 is 5.73 Å². The average Bonchev–Trinajstić information content (AvgIpc) is 2.68. The number of rotatable bonds is 3. The fourth-order valence-electron chi connectivity index (χ4n) is 4.02. The minimum atomic E-state index is 0.143. The molecule has 1 aliphatic carbocycles. The highest BCUT2D eigenvalue weighted by Gasteiger charge is 2.32. The zero-order valence-electron chi connectivity index (χ0n) is 13.1. The molecule has 1 heterocycles. The molecule has 0 spiro atoms. The Kier molecular flexibility index (Phi) is 4.94. The second-order valence-electron chi connectivity index (χ2n) is 6.40. The molecule has 0 saturated carbocycles. The summed E-state index contributed by atoms with van der Waals surface area (Å²) in [6.45, 7) is 5.13. The van der Waals surface area contributed by atoms with Crippen molar-refractivity contribution in [3.8, 4) is 0 Å². The van der Waals surface area contributed by atoms with Gasteiger partial charge >= 0.3 is 0 Å². The molecule has 0 aromatic heterocycles. The lowest BCUT2D eigenvalue weighted by molar-refractivity contribution is -0.0122. The zero-order valence-corrected chi connectivity index (χ0v) is 13.1. The molecule has 2 N–H and O–H groups in total. The molecule has 3 rings (SSSR count). The van der Waals surface area contributed by atoms with Crippen molar-refractivity contribution in [1.82, 2.24) is 4.90 Å². The molecule has 1 fully saturated rings. The zero-order chi connectivity index (χ0) is 14.7. The van der Waals surface area contributed by atoms with E-state index in [1.807, 2.05) is 0 Å². The van der Waals surface area contributed by atoms with Crippen LogP contribution in [0.3, 0.4) is 0 Å². The molecule has 1 aromatic rings. The maximum absolute atomic E-state index is 6.66. The van der Waals surface area contributed by atoms with E-state index in [1.165, 1.54) is 49.8 Å². The molecule has 1 aliphatic heterocycles. The van der Waals surface area contributed by atoms with Crippen molar-refractivity contribution in [3.05, 3.63) is 35.4 Å². The van der Waals surface area contributed by atoms with Crippen LogP contribution in [0.25, 0.3) is 0 Å². The monoisotopic (exact) mass is 288 g/mol. The fraction of sp³-hybridized carbons (Fsp3) is 0.667. The molecule has 116 valence electrons. The van der Waals surface area contributed by atoms with E-state index in [4.69, 9.17) is 10.5 Å². The molecular weight excluding hydrogens is 260 g/mol. The first-order chi connectivity index (χ1) is 10.3. The van der Waals surface area contributed by atoms with Gasteiger partial charge in [0.05, 0.1) is 6.10 Å². The van der Waals surface area contributed by atoms with Crippen LogP contribution in [0, 0.1) is 0 Å². The molecule has 2 aliphatic rings. The first-order valence-electron chi connectivity index (χ1n) is 8.48. The summed E-state index contributed by atoms with van der Waals surface area (Å²) >= 11 is 0. The number of aryl methyl sites for hydroxylation is 1. The van der Waals surface area contributed by atoms with E-state index >= 15 is 0 Å². The number of ether oxygens (including phenoxy) is 1. The maximum atomic E-state index is 6.66. The minimum Gasteiger partial charge on any atom is -0.377 e. The highest BCUT2D eigenvalue weighted by molar-refractivity contribution is 5.32. The van der Waals surface area contributed by atoms with Crippen molar-refractivity contribution < 1.29 is 4.74 Å². The van der Waals surface area contributed by atoms with Gasteiger partial charge in [0.15, 0.2) is 0 Å². The summed E-state index contributed by atoms with van der Waals surface area (Å²) in [5.74, 6) is 0. The Morgan fingerprint density at radius 2 is 2.10 bits per heavy atom. The third-order valence-electron chi connectivity index (χ3n) is 5.06. The summed E-state index contributed by atoms with van der Waals surface area (Å²) < 4.78 is 5.86. The van der Waals surface area contributed by atoms with Crippen LogP contribution >= 0.6 is 0 Å². The van der Waals surface area contributed by atoms with Crippen molar-refractivity contribution in [3.63, 3.8) is 0 Å². The first-order valence-corrected chi connectivity index (χ1v) is 8.48. The Morgan fingerprint density at radius 1 is 1.24 bits per heavy atom. The number of hydrogen-bond donors (Lipinski definition) is 1. The number of benzene rings is 1. The molecule has 3 heteroatoms. The van der Waals surface area contributed by atoms with Gasteiger partial charge in [-0.1, -0.05) is 24.3 Å².